The molecular formula is C43H57N2+. The van der Waals surface area contributed by atoms with Crippen LogP contribution in [-0.2, 0) is 10.8 Å². The summed E-state index contributed by atoms with van der Waals surface area (Å²) in [5.41, 5.74) is 13.2. The first-order chi connectivity index (χ1) is 21.8. The van der Waals surface area contributed by atoms with E-state index in [-0.39, 0.29) is 10.8 Å². The molecule has 0 atom stereocenters. The van der Waals surface area contributed by atoms with Crippen LogP contribution in [-0.4, -0.2) is 23.4 Å². The zero-order valence-electron chi connectivity index (χ0n) is 28.9. The average molecular weight is 602 g/mol. The Morgan fingerprint density at radius 1 is 0.622 bits per heavy atom. The SMILES string of the molecule is CC1=C2/C=C/C3=[N+](CCCCCCCCCCCCN4/C(=C/C=C1\CCC2)C(C)(C)c1ccccc14)c1ccccc1C3(C)C. The number of para-hydroxylation sites is 2. The number of fused-ring (bicyclic) bond motifs is 6. The predicted octanol–water partition coefficient (Wildman–Crippen LogP) is 11.6. The van der Waals surface area contributed by atoms with Gasteiger partial charge >= 0.3 is 0 Å². The van der Waals surface area contributed by atoms with Crippen LogP contribution in [0.1, 0.15) is 129 Å². The average Bonchev–Trinajstić information content (AvgIpc) is 3.38. The van der Waals surface area contributed by atoms with E-state index >= 15 is 0 Å². The summed E-state index contributed by atoms with van der Waals surface area (Å²) in [6.07, 6.45) is 26.9. The summed E-state index contributed by atoms with van der Waals surface area (Å²) in [5.74, 6) is 0. The molecule has 3 aliphatic heterocycles. The highest BCUT2D eigenvalue weighted by molar-refractivity contribution is 6.03. The Morgan fingerprint density at radius 2 is 1.27 bits per heavy atom. The van der Waals surface area contributed by atoms with Gasteiger partial charge in [0.15, 0.2) is 5.71 Å². The molecule has 0 radical (unpaired) electrons. The summed E-state index contributed by atoms with van der Waals surface area (Å²) in [4.78, 5) is 2.65. The Hall–Kier alpha value is -3.13. The summed E-state index contributed by atoms with van der Waals surface area (Å²) >= 11 is 0. The first kappa shape index (κ1) is 31.8. The molecule has 1 aliphatic carbocycles. The second-order valence-corrected chi connectivity index (χ2v) is 15.1. The zero-order chi connectivity index (χ0) is 31.4. The molecule has 2 heteroatoms. The molecule has 0 saturated carbocycles. The standard InChI is InChI=1S/C43H57N2/c1-33-34-21-20-22-35(33)28-30-41-43(4,5)37-24-15-17-26-39(37)45(41)32-19-13-11-9-7-6-8-10-12-18-31-44-38-25-16-14-23-36(38)42(2,3)40(44)29-27-34/h14-17,23-30H,6-13,18-22,31-32H2,1-5H3/q+1. The summed E-state index contributed by atoms with van der Waals surface area (Å²) in [5, 5.41) is 0. The van der Waals surface area contributed by atoms with Crippen molar-refractivity contribution in [2.75, 3.05) is 18.0 Å². The second-order valence-electron chi connectivity index (χ2n) is 15.1. The molecule has 6 rings (SSSR count). The van der Waals surface area contributed by atoms with E-state index in [4.69, 9.17) is 0 Å². The zero-order valence-corrected chi connectivity index (χ0v) is 28.9. The van der Waals surface area contributed by atoms with Crippen LogP contribution in [0.2, 0.25) is 0 Å². The third kappa shape index (κ3) is 6.45. The minimum absolute atomic E-state index is 0.0120. The van der Waals surface area contributed by atoms with Crippen molar-refractivity contribution < 1.29 is 4.58 Å². The fourth-order valence-electron chi connectivity index (χ4n) is 8.54. The van der Waals surface area contributed by atoms with Gasteiger partial charge in [0.2, 0.25) is 5.69 Å². The Labute approximate surface area is 274 Å². The highest BCUT2D eigenvalue weighted by atomic mass is 15.2. The van der Waals surface area contributed by atoms with Crippen LogP contribution < -0.4 is 4.90 Å². The van der Waals surface area contributed by atoms with E-state index in [1.54, 1.807) is 0 Å². The van der Waals surface area contributed by atoms with Crippen LogP contribution in [0, 0.1) is 0 Å². The maximum absolute atomic E-state index is 2.65. The van der Waals surface area contributed by atoms with Crippen molar-refractivity contribution in [2.45, 2.75) is 129 Å². The van der Waals surface area contributed by atoms with E-state index in [0.29, 0.717) is 0 Å². The molecule has 0 N–H and O–H groups in total. The lowest BCUT2D eigenvalue weighted by atomic mass is 9.80. The van der Waals surface area contributed by atoms with Crippen LogP contribution in [0.25, 0.3) is 0 Å². The lowest BCUT2D eigenvalue weighted by molar-refractivity contribution is -0.438. The van der Waals surface area contributed by atoms with Gasteiger partial charge in [0.05, 0.1) is 5.41 Å². The minimum Gasteiger partial charge on any atom is -0.344 e. The summed E-state index contributed by atoms with van der Waals surface area (Å²) < 4.78 is 2.65. The van der Waals surface area contributed by atoms with Crippen LogP contribution in [0.15, 0.2) is 95.3 Å². The second kappa shape index (κ2) is 13.7. The Morgan fingerprint density at radius 3 is 2.02 bits per heavy atom. The van der Waals surface area contributed by atoms with Crippen molar-refractivity contribution in [3.8, 4) is 0 Å². The highest BCUT2D eigenvalue weighted by Crippen LogP contribution is 2.48. The monoisotopic (exact) mass is 601 g/mol. The van der Waals surface area contributed by atoms with Crippen LogP contribution >= 0.6 is 0 Å². The largest absolute Gasteiger partial charge is 0.344 e. The van der Waals surface area contributed by atoms with Gasteiger partial charge in [-0.25, -0.2) is 0 Å². The van der Waals surface area contributed by atoms with E-state index in [1.807, 2.05) is 0 Å². The van der Waals surface area contributed by atoms with Crippen molar-refractivity contribution in [3.63, 3.8) is 0 Å². The normalized spacial score (nSPS) is 25.7. The van der Waals surface area contributed by atoms with E-state index in [0.717, 1.165) is 13.1 Å². The van der Waals surface area contributed by atoms with E-state index in [9.17, 15) is 0 Å². The third-order valence-electron chi connectivity index (χ3n) is 11.4. The molecular weight excluding hydrogens is 544 g/mol. The smallest absolute Gasteiger partial charge is 0.209 e. The fourth-order valence-corrected chi connectivity index (χ4v) is 8.54. The molecule has 0 amide bonds. The number of nitrogens with zero attached hydrogens (tertiary/aromatic N) is 2. The van der Waals surface area contributed by atoms with Crippen LogP contribution in [0.3, 0.4) is 0 Å². The Balaban J connectivity index is 1.36. The molecule has 2 aromatic carbocycles. The molecule has 0 fully saturated rings. The number of hydrogen-bond acceptors (Lipinski definition) is 1. The van der Waals surface area contributed by atoms with Crippen molar-refractivity contribution in [2.24, 2.45) is 0 Å². The summed E-state index contributed by atoms with van der Waals surface area (Å²) in [7, 11) is 0. The molecule has 4 aliphatic rings. The molecule has 45 heavy (non-hydrogen) atoms. The van der Waals surface area contributed by atoms with Crippen molar-refractivity contribution in [1.82, 2.24) is 0 Å². The summed E-state index contributed by atoms with van der Waals surface area (Å²) in [6, 6.07) is 18.3. The van der Waals surface area contributed by atoms with Gasteiger partial charge in [-0.3, -0.25) is 0 Å². The Bertz CT molecular complexity index is 1540. The summed E-state index contributed by atoms with van der Waals surface area (Å²) in [6.45, 7) is 14.3. The molecule has 2 bridgehead atoms. The maximum atomic E-state index is 2.65. The number of anilines is 1. The highest BCUT2D eigenvalue weighted by Gasteiger charge is 2.44. The van der Waals surface area contributed by atoms with Gasteiger partial charge in [-0.1, -0.05) is 107 Å². The van der Waals surface area contributed by atoms with Gasteiger partial charge in [0.1, 0.15) is 6.54 Å². The first-order valence-corrected chi connectivity index (χ1v) is 18.2. The maximum Gasteiger partial charge on any atom is 0.209 e. The number of rotatable bonds is 0. The van der Waals surface area contributed by atoms with Crippen molar-refractivity contribution in [3.05, 3.63) is 106 Å². The number of allylic oxidation sites excluding steroid dienone is 8. The van der Waals surface area contributed by atoms with Gasteiger partial charge in [0.25, 0.3) is 0 Å². The number of hydrogen-bond donors (Lipinski definition) is 0. The number of benzene rings is 2. The first-order valence-electron chi connectivity index (χ1n) is 18.2. The fraction of sp³-hybridized carbons (Fsp3) is 0.512. The van der Waals surface area contributed by atoms with E-state index < -0.39 is 0 Å². The van der Waals surface area contributed by atoms with Crippen molar-refractivity contribution in [1.29, 1.82) is 0 Å². The topological polar surface area (TPSA) is 6.25 Å². The Kier molecular flexibility index (Phi) is 9.69. The van der Waals surface area contributed by atoms with E-state index in [2.05, 4.69) is 117 Å². The third-order valence-corrected chi connectivity index (χ3v) is 11.4. The van der Waals surface area contributed by atoms with Gasteiger partial charge in [-0.05, 0) is 87.3 Å². The van der Waals surface area contributed by atoms with Gasteiger partial charge in [0, 0.05) is 47.5 Å². The van der Waals surface area contributed by atoms with Gasteiger partial charge in [-0.15, -0.1) is 0 Å². The molecule has 0 aromatic heterocycles. The van der Waals surface area contributed by atoms with Crippen LogP contribution in [0.5, 0.6) is 0 Å². The lowest BCUT2D eigenvalue weighted by Crippen LogP contribution is -2.28. The molecule has 3 heterocycles. The lowest BCUT2D eigenvalue weighted by Gasteiger charge is -2.27. The van der Waals surface area contributed by atoms with Crippen molar-refractivity contribution >= 4 is 17.1 Å². The molecule has 238 valence electrons. The quantitative estimate of drug-likeness (QED) is 0.272. The van der Waals surface area contributed by atoms with Crippen LogP contribution in [0.4, 0.5) is 11.4 Å². The molecule has 2 aromatic rings. The van der Waals surface area contributed by atoms with Gasteiger partial charge in [-0.2, -0.15) is 4.58 Å². The minimum atomic E-state index is 0.0120. The molecule has 2 nitrogen and oxygen atoms in total. The molecule has 0 saturated heterocycles. The predicted molar refractivity (Wildman–Crippen MR) is 194 cm³/mol. The molecule has 0 spiro atoms. The van der Waals surface area contributed by atoms with E-state index in [1.165, 1.54) is 134 Å². The molecule has 0 unspecified atom stereocenters. The van der Waals surface area contributed by atoms with Gasteiger partial charge < -0.3 is 4.90 Å².